The summed E-state index contributed by atoms with van der Waals surface area (Å²) in [4.78, 5) is 11.8. The lowest BCUT2D eigenvalue weighted by Crippen LogP contribution is -2.55. The van der Waals surface area contributed by atoms with E-state index in [1.807, 2.05) is 24.4 Å². The van der Waals surface area contributed by atoms with Crippen molar-refractivity contribution in [3.05, 3.63) is 30.1 Å². The molecule has 1 aromatic rings. The summed E-state index contributed by atoms with van der Waals surface area (Å²) in [5, 5.41) is 3.26. The Balaban J connectivity index is 1.52. The van der Waals surface area contributed by atoms with Crippen LogP contribution in [0.25, 0.3) is 0 Å². The van der Waals surface area contributed by atoms with Gasteiger partial charge in [0.25, 0.3) is 0 Å². The summed E-state index contributed by atoms with van der Waals surface area (Å²) in [6.07, 6.45) is 9.25. The van der Waals surface area contributed by atoms with Crippen LogP contribution in [0.2, 0.25) is 0 Å². The molecule has 0 aromatic carbocycles. The zero-order chi connectivity index (χ0) is 17.4. The predicted molar refractivity (Wildman–Crippen MR) is 107 cm³/mol. The fourth-order valence-corrected chi connectivity index (χ4v) is 4.88. The second-order valence-corrected chi connectivity index (χ2v) is 8.31. The first-order valence-corrected chi connectivity index (χ1v) is 10.7. The second kappa shape index (κ2) is 9.43. The lowest BCUT2D eigenvalue weighted by Gasteiger charge is -2.47. The summed E-state index contributed by atoms with van der Waals surface area (Å²) in [5.74, 6) is 3.08. The van der Waals surface area contributed by atoms with Crippen molar-refractivity contribution >= 4 is 17.7 Å². The van der Waals surface area contributed by atoms with Gasteiger partial charge < -0.3 is 11.1 Å². The summed E-state index contributed by atoms with van der Waals surface area (Å²) < 4.78 is 0. The highest BCUT2D eigenvalue weighted by Crippen LogP contribution is 2.35. The van der Waals surface area contributed by atoms with E-state index in [-0.39, 0.29) is 5.54 Å². The molecule has 0 spiro atoms. The average molecular weight is 362 g/mol. The summed E-state index contributed by atoms with van der Waals surface area (Å²) in [7, 11) is 0. The molecular weight excluding hydrogens is 330 g/mol. The molecule has 1 aromatic heterocycles. The summed E-state index contributed by atoms with van der Waals surface area (Å²) in [6.45, 7) is 4.01. The van der Waals surface area contributed by atoms with E-state index in [0.29, 0.717) is 5.96 Å². The smallest absolute Gasteiger partial charge is 0.188 e. The van der Waals surface area contributed by atoms with Crippen LogP contribution in [0.15, 0.2) is 29.4 Å². The van der Waals surface area contributed by atoms with Gasteiger partial charge in [0.15, 0.2) is 5.96 Å². The number of nitrogens with one attached hydrogen (secondary N) is 1. The van der Waals surface area contributed by atoms with Crippen molar-refractivity contribution in [1.82, 2.24) is 15.2 Å². The molecule has 6 heteroatoms. The minimum Gasteiger partial charge on any atom is -0.370 e. The van der Waals surface area contributed by atoms with E-state index in [1.54, 1.807) is 0 Å². The fourth-order valence-electron chi connectivity index (χ4n) is 3.97. The summed E-state index contributed by atoms with van der Waals surface area (Å²) in [5.41, 5.74) is 7.46. The molecule has 1 aliphatic carbocycles. The van der Waals surface area contributed by atoms with E-state index in [4.69, 9.17) is 10.7 Å². The third-order valence-electron chi connectivity index (χ3n) is 5.42. The maximum atomic E-state index is 6.14. The molecule has 25 heavy (non-hydrogen) atoms. The van der Waals surface area contributed by atoms with Gasteiger partial charge in [0.05, 0.1) is 6.54 Å². The van der Waals surface area contributed by atoms with Crippen LogP contribution in [0.1, 0.15) is 37.8 Å². The predicted octanol–water partition coefficient (Wildman–Crippen LogP) is 2.28. The van der Waals surface area contributed by atoms with Gasteiger partial charge in [-0.3, -0.25) is 14.9 Å². The van der Waals surface area contributed by atoms with Crippen LogP contribution in [0.3, 0.4) is 0 Å². The first-order valence-electron chi connectivity index (χ1n) is 9.55. The molecule has 3 rings (SSSR count). The number of aliphatic imine (C=N–C) groups is 1. The van der Waals surface area contributed by atoms with Crippen molar-refractivity contribution < 1.29 is 0 Å². The maximum Gasteiger partial charge on any atom is 0.188 e. The van der Waals surface area contributed by atoms with Crippen molar-refractivity contribution in [1.29, 1.82) is 0 Å². The molecule has 0 radical (unpaired) electrons. The molecule has 0 amide bonds. The summed E-state index contributed by atoms with van der Waals surface area (Å²) in [6, 6.07) is 6.00. The lowest BCUT2D eigenvalue weighted by atomic mass is 9.80. The first-order chi connectivity index (χ1) is 12.3. The molecule has 0 bridgehead atoms. The van der Waals surface area contributed by atoms with Crippen LogP contribution in [0, 0.1) is 0 Å². The Kier molecular flexibility index (Phi) is 6.99. The molecule has 2 fully saturated rings. The molecule has 3 N–H and O–H groups in total. The quantitative estimate of drug-likeness (QED) is 0.601. The van der Waals surface area contributed by atoms with Crippen LogP contribution < -0.4 is 11.1 Å². The topological polar surface area (TPSA) is 66.5 Å². The molecule has 1 saturated heterocycles. The van der Waals surface area contributed by atoms with Gasteiger partial charge in [-0.25, -0.2) is 0 Å². The Bertz CT molecular complexity index is 536. The van der Waals surface area contributed by atoms with Gasteiger partial charge >= 0.3 is 0 Å². The third-order valence-corrected chi connectivity index (χ3v) is 6.37. The Morgan fingerprint density at radius 2 is 2.04 bits per heavy atom. The highest BCUT2D eigenvalue weighted by Gasteiger charge is 2.38. The maximum absolute atomic E-state index is 6.14. The van der Waals surface area contributed by atoms with Gasteiger partial charge in [0.2, 0.25) is 0 Å². The molecule has 1 aliphatic heterocycles. The van der Waals surface area contributed by atoms with Crippen molar-refractivity contribution in [3.8, 4) is 0 Å². The van der Waals surface area contributed by atoms with E-state index in [0.717, 1.165) is 25.2 Å². The molecule has 1 saturated carbocycles. The van der Waals surface area contributed by atoms with E-state index < -0.39 is 0 Å². The lowest BCUT2D eigenvalue weighted by molar-refractivity contribution is 0.0672. The van der Waals surface area contributed by atoms with Crippen LogP contribution in [-0.2, 0) is 6.42 Å². The molecule has 0 unspecified atom stereocenters. The Morgan fingerprint density at radius 1 is 1.24 bits per heavy atom. The van der Waals surface area contributed by atoms with Gasteiger partial charge in [-0.1, -0.05) is 25.3 Å². The van der Waals surface area contributed by atoms with Gasteiger partial charge in [-0.15, -0.1) is 0 Å². The van der Waals surface area contributed by atoms with Crippen molar-refractivity contribution in [2.45, 2.75) is 44.1 Å². The number of guanidine groups is 1. The highest BCUT2D eigenvalue weighted by molar-refractivity contribution is 7.99. The molecular formula is C19H31N5S. The number of hydrogen-bond acceptors (Lipinski definition) is 4. The summed E-state index contributed by atoms with van der Waals surface area (Å²) >= 11 is 2.07. The number of rotatable bonds is 6. The number of pyridine rings is 1. The zero-order valence-corrected chi connectivity index (χ0v) is 15.9. The van der Waals surface area contributed by atoms with E-state index in [1.165, 1.54) is 56.7 Å². The number of thioether (sulfide) groups is 1. The molecule has 138 valence electrons. The Morgan fingerprint density at radius 3 is 2.76 bits per heavy atom. The van der Waals surface area contributed by atoms with Gasteiger partial charge in [0, 0.05) is 55.0 Å². The van der Waals surface area contributed by atoms with Crippen molar-refractivity contribution in [3.63, 3.8) is 0 Å². The standard InChI is InChI=1S/C19H31N5S/c20-18(22-11-7-17-6-2-5-10-21-17)23-16-19(8-3-1-4-9-19)24-12-14-25-15-13-24/h2,5-6,10H,1,3-4,7-9,11-16H2,(H3,20,22,23). The number of aromatic nitrogens is 1. The second-order valence-electron chi connectivity index (χ2n) is 7.08. The SMILES string of the molecule is NC(=NCC1(N2CCSCC2)CCCCC1)NCCc1ccccn1. The fraction of sp³-hybridized carbons (Fsp3) is 0.684. The van der Waals surface area contributed by atoms with Crippen molar-refractivity contribution in [2.24, 2.45) is 10.7 Å². The molecule has 0 atom stereocenters. The minimum absolute atomic E-state index is 0.243. The van der Waals surface area contributed by atoms with Crippen molar-refractivity contribution in [2.75, 3.05) is 37.7 Å². The number of nitrogens with two attached hydrogens (primary N) is 1. The van der Waals surface area contributed by atoms with Crippen LogP contribution in [0.4, 0.5) is 0 Å². The van der Waals surface area contributed by atoms with E-state index in [2.05, 4.69) is 27.0 Å². The van der Waals surface area contributed by atoms with Gasteiger partial charge in [0.1, 0.15) is 0 Å². The molecule has 5 nitrogen and oxygen atoms in total. The zero-order valence-electron chi connectivity index (χ0n) is 15.1. The Hall–Kier alpha value is -1.27. The largest absolute Gasteiger partial charge is 0.370 e. The normalized spacial score (nSPS) is 21.8. The van der Waals surface area contributed by atoms with Gasteiger partial charge in [-0.2, -0.15) is 11.8 Å². The van der Waals surface area contributed by atoms with Crippen LogP contribution in [0.5, 0.6) is 0 Å². The molecule has 2 heterocycles. The average Bonchev–Trinajstić information content (AvgIpc) is 2.69. The first kappa shape index (κ1) is 18.5. The highest BCUT2D eigenvalue weighted by atomic mass is 32.2. The number of hydrogen-bond donors (Lipinski definition) is 2. The molecule has 2 aliphatic rings. The van der Waals surface area contributed by atoms with Crippen LogP contribution in [-0.4, -0.2) is 59.1 Å². The van der Waals surface area contributed by atoms with Crippen LogP contribution >= 0.6 is 11.8 Å². The third kappa shape index (κ3) is 5.35. The van der Waals surface area contributed by atoms with Gasteiger partial charge in [-0.05, 0) is 25.0 Å². The minimum atomic E-state index is 0.243. The number of nitrogens with zero attached hydrogens (tertiary/aromatic N) is 3. The monoisotopic (exact) mass is 361 g/mol. The van der Waals surface area contributed by atoms with E-state index in [9.17, 15) is 0 Å². The Labute approximate surface area is 155 Å². The van der Waals surface area contributed by atoms with E-state index >= 15 is 0 Å².